The van der Waals surface area contributed by atoms with Gasteiger partial charge in [0.15, 0.2) is 11.5 Å². The number of aromatic nitrogens is 1. The van der Waals surface area contributed by atoms with E-state index in [4.69, 9.17) is 14.5 Å². The first kappa shape index (κ1) is 21.8. The van der Waals surface area contributed by atoms with Crippen LogP contribution in [0.4, 0.5) is 5.69 Å². The highest BCUT2D eigenvalue weighted by Crippen LogP contribution is 2.33. The fourth-order valence-electron chi connectivity index (χ4n) is 3.00. The van der Waals surface area contributed by atoms with Gasteiger partial charge in [-0.15, -0.1) is 11.3 Å². The third kappa shape index (κ3) is 5.81. The number of carbonyl (C=O) groups is 1. The third-order valence-electron chi connectivity index (χ3n) is 4.44. The van der Waals surface area contributed by atoms with E-state index in [1.165, 1.54) is 0 Å². The van der Waals surface area contributed by atoms with Crippen molar-refractivity contribution in [3.05, 3.63) is 59.1 Å². The molecule has 0 radical (unpaired) electrons. The summed E-state index contributed by atoms with van der Waals surface area (Å²) < 4.78 is 11.0. The van der Waals surface area contributed by atoms with Gasteiger partial charge in [-0.1, -0.05) is 17.7 Å². The lowest BCUT2D eigenvalue weighted by Gasteiger charge is -2.15. The molecule has 3 aromatic rings. The summed E-state index contributed by atoms with van der Waals surface area (Å²) in [6, 6.07) is 13.6. The molecule has 30 heavy (non-hydrogen) atoms. The molecule has 0 aliphatic carbocycles. The molecule has 1 aromatic heterocycles. The van der Waals surface area contributed by atoms with Gasteiger partial charge in [-0.25, -0.2) is 4.98 Å². The predicted octanol–water partition coefficient (Wildman–Crippen LogP) is 4.60. The molecule has 0 spiro atoms. The predicted molar refractivity (Wildman–Crippen MR) is 121 cm³/mol. The molecule has 0 unspecified atom stereocenters. The summed E-state index contributed by atoms with van der Waals surface area (Å²) in [7, 11) is 3.54. The number of amides is 1. The van der Waals surface area contributed by atoms with Crippen LogP contribution in [0.1, 0.15) is 18.2 Å². The Kier molecular flexibility index (Phi) is 7.43. The van der Waals surface area contributed by atoms with Crippen molar-refractivity contribution >= 4 is 22.9 Å². The van der Waals surface area contributed by atoms with Crippen LogP contribution in [0.15, 0.2) is 47.8 Å². The number of methoxy groups -OCH3 is 1. The maximum atomic E-state index is 12.3. The number of nitrogens with zero attached hydrogens (tertiary/aromatic N) is 2. The SMILES string of the molecule is CCOc1ccc(-c2nc(CN(C)CC(=O)Nc3ccc(C)cc3)cs2)cc1OC. The maximum absolute atomic E-state index is 12.3. The number of likely N-dealkylation sites (N-methyl/N-ethyl adjacent to an activating group) is 1. The topological polar surface area (TPSA) is 63.7 Å². The van der Waals surface area contributed by atoms with Gasteiger partial charge in [0, 0.05) is 23.2 Å². The molecule has 158 valence electrons. The second-order valence-electron chi connectivity index (χ2n) is 7.03. The lowest BCUT2D eigenvalue weighted by Crippen LogP contribution is -2.29. The standard InChI is InChI=1S/C23H27N3O3S/c1-5-29-20-11-8-17(12-21(20)28-4)23-25-19(15-30-23)13-26(3)14-22(27)24-18-9-6-16(2)7-10-18/h6-12,15H,5,13-14H2,1-4H3,(H,24,27). The average Bonchev–Trinajstić information content (AvgIpc) is 3.18. The van der Waals surface area contributed by atoms with Crippen LogP contribution in [0, 0.1) is 6.92 Å². The number of rotatable bonds is 9. The Morgan fingerprint density at radius 3 is 2.63 bits per heavy atom. The number of carbonyl (C=O) groups excluding carboxylic acids is 1. The number of hydrogen-bond acceptors (Lipinski definition) is 6. The molecular weight excluding hydrogens is 398 g/mol. The van der Waals surface area contributed by atoms with Crippen molar-refractivity contribution in [3.63, 3.8) is 0 Å². The van der Waals surface area contributed by atoms with Crippen LogP contribution in [-0.4, -0.2) is 43.1 Å². The van der Waals surface area contributed by atoms with Crippen molar-refractivity contribution in [2.75, 3.05) is 32.6 Å². The molecule has 0 bridgehead atoms. The molecule has 0 saturated carbocycles. The smallest absolute Gasteiger partial charge is 0.238 e. The number of ether oxygens (including phenoxy) is 2. The van der Waals surface area contributed by atoms with Gasteiger partial charge < -0.3 is 14.8 Å². The highest BCUT2D eigenvalue weighted by Gasteiger charge is 2.13. The van der Waals surface area contributed by atoms with Gasteiger partial charge in [0.1, 0.15) is 5.01 Å². The van der Waals surface area contributed by atoms with E-state index in [0.29, 0.717) is 18.9 Å². The van der Waals surface area contributed by atoms with E-state index in [9.17, 15) is 4.79 Å². The van der Waals surface area contributed by atoms with Crippen molar-refractivity contribution < 1.29 is 14.3 Å². The van der Waals surface area contributed by atoms with Gasteiger partial charge in [0.25, 0.3) is 0 Å². The molecule has 3 rings (SSSR count). The summed E-state index contributed by atoms with van der Waals surface area (Å²) in [6.45, 7) is 5.42. The first-order valence-electron chi connectivity index (χ1n) is 9.79. The Morgan fingerprint density at radius 2 is 1.93 bits per heavy atom. The van der Waals surface area contributed by atoms with Gasteiger partial charge in [0.05, 0.1) is 26.0 Å². The Bertz CT molecular complexity index is 986. The Hall–Kier alpha value is -2.90. The van der Waals surface area contributed by atoms with Crippen LogP contribution < -0.4 is 14.8 Å². The summed E-state index contributed by atoms with van der Waals surface area (Å²) >= 11 is 1.57. The quantitative estimate of drug-likeness (QED) is 0.543. The van der Waals surface area contributed by atoms with E-state index in [0.717, 1.165) is 33.3 Å². The zero-order valence-corrected chi connectivity index (χ0v) is 18.6. The van der Waals surface area contributed by atoms with Crippen LogP contribution >= 0.6 is 11.3 Å². The number of nitrogens with one attached hydrogen (secondary N) is 1. The molecule has 0 fully saturated rings. The summed E-state index contributed by atoms with van der Waals surface area (Å²) in [5.74, 6) is 1.36. The molecular formula is C23H27N3O3S. The summed E-state index contributed by atoms with van der Waals surface area (Å²) in [5, 5.41) is 5.85. The first-order valence-corrected chi connectivity index (χ1v) is 10.7. The van der Waals surface area contributed by atoms with E-state index < -0.39 is 0 Å². The molecule has 0 atom stereocenters. The van der Waals surface area contributed by atoms with Gasteiger partial charge in [-0.3, -0.25) is 9.69 Å². The van der Waals surface area contributed by atoms with Crippen LogP contribution in [0.5, 0.6) is 11.5 Å². The number of anilines is 1. The summed E-state index contributed by atoms with van der Waals surface area (Å²) in [5.41, 5.74) is 3.87. The highest BCUT2D eigenvalue weighted by atomic mass is 32.1. The van der Waals surface area contributed by atoms with Crippen LogP contribution in [-0.2, 0) is 11.3 Å². The second-order valence-corrected chi connectivity index (χ2v) is 7.89. The second kappa shape index (κ2) is 10.2. The zero-order valence-electron chi connectivity index (χ0n) is 17.8. The Balaban J connectivity index is 1.59. The van der Waals surface area contributed by atoms with Crippen molar-refractivity contribution in [1.82, 2.24) is 9.88 Å². The molecule has 1 N–H and O–H groups in total. The van der Waals surface area contributed by atoms with Gasteiger partial charge in [0.2, 0.25) is 5.91 Å². The summed E-state index contributed by atoms with van der Waals surface area (Å²) in [4.78, 5) is 19.0. The van der Waals surface area contributed by atoms with E-state index >= 15 is 0 Å². The number of aryl methyl sites for hydroxylation is 1. The minimum atomic E-state index is -0.0481. The first-order chi connectivity index (χ1) is 14.5. The van der Waals surface area contributed by atoms with E-state index in [1.807, 2.05) is 73.6 Å². The lowest BCUT2D eigenvalue weighted by atomic mass is 10.2. The van der Waals surface area contributed by atoms with E-state index in [2.05, 4.69) is 5.32 Å². The van der Waals surface area contributed by atoms with E-state index in [1.54, 1.807) is 18.4 Å². The molecule has 7 heteroatoms. The van der Waals surface area contributed by atoms with Crippen molar-refractivity contribution in [1.29, 1.82) is 0 Å². The van der Waals surface area contributed by atoms with Gasteiger partial charge in [-0.2, -0.15) is 0 Å². The molecule has 0 saturated heterocycles. The number of benzene rings is 2. The highest BCUT2D eigenvalue weighted by molar-refractivity contribution is 7.13. The molecule has 1 amide bonds. The lowest BCUT2D eigenvalue weighted by molar-refractivity contribution is -0.117. The average molecular weight is 426 g/mol. The maximum Gasteiger partial charge on any atom is 0.238 e. The van der Waals surface area contributed by atoms with Crippen molar-refractivity contribution in [2.24, 2.45) is 0 Å². The van der Waals surface area contributed by atoms with Crippen molar-refractivity contribution in [2.45, 2.75) is 20.4 Å². The monoisotopic (exact) mass is 425 g/mol. The largest absolute Gasteiger partial charge is 0.493 e. The fraction of sp³-hybridized carbons (Fsp3) is 0.304. The summed E-state index contributed by atoms with van der Waals surface area (Å²) in [6.07, 6.45) is 0. The van der Waals surface area contributed by atoms with Gasteiger partial charge >= 0.3 is 0 Å². The number of hydrogen-bond donors (Lipinski definition) is 1. The normalized spacial score (nSPS) is 10.8. The molecule has 6 nitrogen and oxygen atoms in total. The van der Waals surface area contributed by atoms with Crippen LogP contribution in [0.3, 0.4) is 0 Å². The van der Waals surface area contributed by atoms with E-state index in [-0.39, 0.29) is 12.5 Å². The minimum Gasteiger partial charge on any atom is -0.493 e. The Labute approximate surface area is 181 Å². The van der Waals surface area contributed by atoms with Crippen LogP contribution in [0.25, 0.3) is 10.6 Å². The van der Waals surface area contributed by atoms with Crippen LogP contribution in [0.2, 0.25) is 0 Å². The Morgan fingerprint density at radius 1 is 1.17 bits per heavy atom. The molecule has 0 aliphatic rings. The zero-order chi connectivity index (χ0) is 21.5. The fourth-order valence-corrected chi connectivity index (χ4v) is 3.81. The van der Waals surface area contributed by atoms with Crippen molar-refractivity contribution in [3.8, 4) is 22.1 Å². The molecule has 1 heterocycles. The molecule has 2 aromatic carbocycles. The number of thiazole rings is 1. The minimum absolute atomic E-state index is 0.0481. The molecule has 0 aliphatic heterocycles. The van der Waals surface area contributed by atoms with Gasteiger partial charge in [-0.05, 0) is 51.2 Å². The third-order valence-corrected chi connectivity index (χ3v) is 5.38.